The zero-order valence-corrected chi connectivity index (χ0v) is 17.8. The summed E-state index contributed by atoms with van der Waals surface area (Å²) in [5.41, 5.74) is 3.05. The molecule has 3 aromatic rings. The van der Waals surface area contributed by atoms with E-state index in [1.807, 2.05) is 24.3 Å². The summed E-state index contributed by atoms with van der Waals surface area (Å²) in [5.74, 6) is 1.06. The summed E-state index contributed by atoms with van der Waals surface area (Å²) in [7, 11) is 0. The van der Waals surface area contributed by atoms with E-state index in [4.69, 9.17) is 11.6 Å². The zero-order chi connectivity index (χ0) is 20.5. The van der Waals surface area contributed by atoms with Gasteiger partial charge in [-0.15, -0.1) is 0 Å². The number of benzene rings is 2. The molecule has 1 saturated carbocycles. The predicted octanol–water partition coefficient (Wildman–Crippen LogP) is 4.41. The molecule has 2 aromatic carbocycles. The number of hydrogen-bond donors (Lipinski definition) is 3. The number of nitrogens with zero attached hydrogens (tertiary/aromatic N) is 1. The summed E-state index contributed by atoms with van der Waals surface area (Å²) >= 11 is 6.49. The fourth-order valence-electron chi connectivity index (χ4n) is 6.04. The van der Waals surface area contributed by atoms with Crippen LogP contribution in [0, 0.1) is 5.92 Å². The van der Waals surface area contributed by atoms with Gasteiger partial charge in [-0.3, -0.25) is 0 Å². The number of nitrogens with one attached hydrogen (secondary N) is 1. The molecule has 2 aliphatic carbocycles. The molecule has 0 amide bonds. The molecular weight excluding hydrogens is 396 g/mol. The van der Waals surface area contributed by atoms with Gasteiger partial charge in [-0.05, 0) is 61.1 Å². The topological polar surface area (TPSA) is 59.5 Å². The molecule has 6 rings (SSSR count). The van der Waals surface area contributed by atoms with Crippen molar-refractivity contribution in [2.45, 2.75) is 43.1 Å². The molecular formula is C25H27ClN2O2. The molecule has 2 fully saturated rings. The van der Waals surface area contributed by atoms with Crippen LogP contribution in [-0.2, 0) is 18.3 Å². The van der Waals surface area contributed by atoms with Crippen LogP contribution < -0.4 is 0 Å². The number of aromatic hydroxyl groups is 1. The summed E-state index contributed by atoms with van der Waals surface area (Å²) in [6.07, 6.45) is 4.84. The lowest BCUT2D eigenvalue weighted by molar-refractivity contribution is -0.103. The lowest BCUT2D eigenvalue weighted by Crippen LogP contribution is -2.66. The van der Waals surface area contributed by atoms with Gasteiger partial charge in [-0.1, -0.05) is 35.9 Å². The van der Waals surface area contributed by atoms with Gasteiger partial charge in [0.1, 0.15) is 5.75 Å². The van der Waals surface area contributed by atoms with Crippen LogP contribution in [0.3, 0.4) is 0 Å². The minimum absolute atomic E-state index is 0.259. The molecule has 0 bridgehead atoms. The number of aliphatic hydroxyl groups is 1. The van der Waals surface area contributed by atoms with Crippen LogP contribution in [0.15, 0.2) is 42.5 Å². The molecule has 30 heavy (non-hydrogen) atoms. The van der Waals surface area contributed by atoms with Gasteiger partial charge in [0, 0.05) is 42.4 Å². The van der Waals surface area contributed by atoms with E-state index in [1.54, 1.807) is 6.07 Å². The maximum atomic E-state index is 12.3. The number of para-hydroxylation sites is 1. The number of H-pyrrole nitrogens is 1. The Bertz CT molecular complexity index is 1140. The Morgan fingerprint density at radius 2 is 1.97 bits per heavy atom. The first-order valence-electron chi connectivity index (χ1n) is 11.0. The molecule has 156 valence electrons. The van der Waals surface area contributed by atoms with Crippen LogP contribution in [0.2, 0.25) is 5.02 Å². The van der Waals surface area contributed by atoms with E-state index in [-0.39, 0.29) is 5.75 Å². The van der Waals surface area contributed by atoms with Gasteiger partial charge in [0.15, 0.2) is 0 Å². The molecule has 4 nitrogen and oxygen atoms in total. The SMILES string of the molecule is Oc1cccc([C@@]23CCN(CC4CC4)C[C@@]2(O)Cc2c([nH]c4c(Cl)cccc24)C3)c1. The Kier molecular flexibility index (Phi) is 4.05. The third-order valence-electron chi connectivity index (χ3n) is 7.77. The highest BCUT2D eigenvalue weighted by Gasteiger charge is 2.57. The Morgan fingerprint density at radius 3 is 2.77 bits per heavy atom. The normalized spacial score (nSPS) is 29.0. The van der Waals surface area contributed by atoms with Crippen LogP contribution >= 0.6 is 11.6 Å². The van der Waals surface area contributed by atoms with E-state index in [0.717, 1.165) is 53.3 Å². The van der Waals surface area contributed by atoms with E-state index < -0.39 is 11.0 Å². The molecule has 0 spiro atoms. The van der Waals surface area contributed by atoms with Crippen molar-refractivity contribution >= 4 is 22.5 Å². The van der Waals surface area contributed by atoms with Crippen LogP contribution in [0.25, 0.3) is 10.9 Å². The number of fused-ring (bicyclic) bond motifs is 4. The van der Waals surface area contributed by atoms with Crippen molar-refractivity contribution in [1.29, 1.82) is 0 Å². The molecule has 3 aliphatic rings. The lowest BCUT2D eigenvalue weighted by Gasteiger charge is -2.56. The van der Waals surface area contributed by atoms with Gasteiger partial charge >= 0.3 is 0 Å². The minimum Gasteiger partial charge on any atom is -0.508 e. The summed E-state index contributed by atoms with van der Waals surface area (Å²) in [6, 6.07) is 13.5. The Hall–Kier alpha value is -2.01. The molecule has 3 N–H and O–H groups in total. The number of likely N-dealkylation sites (tertiary alicyclic amines) is 1. The maximum Gasteiger partial charge on any atom is 0.115 e. The van der Waals surface area contributed by atoms with Gasteiger partial charge in [0.25, 0.3) is 0 Å². The number of halogens is 1. The van der Waals surface area contributed by atoms with Crippen molar-refractivity contribution < 1.29 is 10.2 Å². The molecule has 1 saturated heterocycles. The Labute approximate surface area is 181 Å². The number of aromatic nitrogens is 1. The largest absolute Gasteiger partial charge is 0.508 e. The number of hydrogen-bond acceptors (Lipinski definition) is 3. The Balaban J connectivity index is 1.50. The molecule has 1 aromatic heterocycles. The smallest absolute Gasteiger partial charge is 0.115 e. The molecule has 0 unspecified atom stereocenters. The second kappa shape index (κ2) is 6.49. The lowest BCUT2D eigenvalue weighted by atomic mass is 9.56. The van der Waals surface area contributed by atoms with Gasteiger partial charge in [-0.2, -0.15) is 0 Å². The maximum absolute atomic E-state index is 12.3. The van der Waals surface area contributed by atoms with E-state index in [2.05, 4.69) is 22.0 Å². The van der Waals surface area contributed by atoms with Gasteiger partial charge in [0.2, 0.25) is 0 Å². The minimum atomic E-state index is -0.891. The fourth-order valence-corrected chi connectivity index (χ4v) is 6.26. The van der Waals surface area contributed by atoms with Crippen molar-refractivity contribution in [2.75, 3.05) is 19.6 Å². The fraction of sp³-hybridized carbons (Fsp3) is 0.440. The van der Waals surface area contributed by atoms with Crippen molar-refractivity contribution in [3.05, 3.63) is 64.3 Å². The molecule has 1 aliphatic heterocycles. The average molecular weight is 423 g/mol. The number of rotatable bonds is 3. The second-order valence-electron chi connectivity index (χ2n) is 9.69. The first-order chi connectivity index (χ1) is 14.5. The molecule has 5 heteroatoms. The highest BCUT2D eigenvalue weighted by molar-refractivity contribution is 6.35. The third kappa shape index (κ3) is 2.74. The van der Waals surface area contributed by atoms with E-state index in [9.17, 15) is 10.2 Å². The van der Waals surface area contributed by atoms with Gasteiger partial charge in [0.05, 0.1) is 16.1 Å². The molecule has 2 heterocycles. The quantitative estimate of drug-likeness (QED) is 0.586. The van der Waals surface area contributed by atoms with Crippen molar-refractivity contribution in [1.82, 2.24) is 9.88 Å². The third-order valence-corrected chi connectivity index (χ3v) is 8.08. The monoisotopic (exact) mass is 422 g/mol. The summed E-state index contributed by atoms with van der Waals surface area (Å²) in [5, 5.41) is 24.4. The molecule has 0 radical (unpaired) electrons. The van der Waals surface area contributed by atoms with Crippen molar-refractivity contribution in [2.24, 2.45) is 5.92 Å². The zero-order valence-electron chi connectivity index (χ0n) is 17.0. The van der Waals surface area contributed by atoms with E-state index >= 15 is 0 Å². The van der Waals surface area contributed by atoms with Crippen molar-refractivity contribution in [3.8, 4) is 5.75 Å². The van der Waals surface area contributed by atoms with Crippen LogP contribution in [0.1, 0.15) is 36.1 Å². The standard InChI is InChI=1S/C25H27ClN2O2/c26-21-6-2-5-19-20-12-25(30)15-28(14-16-7-8-16)10-9-24(25,13-22(20)27-23(19)21)17-3-1-4-18(29)11-17/h1-6,11,16,27,29-30H,7-10,12-15H2/t24-,25-/m0/s1. The number of piperidine rings is 1. The van der Waals surface area contributed by atoms with E-state index in [1.165, 1.54) is 24.1 Å². The van der Waals surface area contributed by atoms with Gasteiger partial charge in [-0.25, -0.2) is 0 Å². The first kappa shape index (κ1) is 18.7. The van der Waals surface area contributed by atoms with Crippen LogP contribution in [0.4, 0.5) is 0 Å². The summed E-state index contributed by atoms with van der Waals surface area (Å²) < 4.78 is 0. The number of β-amino-alcohol motifs (C(OH)–C–C–N with tert-alkyl or cyclic N) is 1. The number of phenolic OH excluding ortho intramolecular Hbond substituents is 1. The average Bonchev–Trinajstić information content (AvgIpc) is 3.46. The van der Waals surface area contributed by atoms with Crippen LogP contribution in [0.5, 0.6) is 5.75 Å². The first-order valence-corrected chi connectivity index (χ1v) is 11.4. The summed E-state index contributed by atoms with van der Waals surface area (Å²) in [6.45, 7) is 2.74. The highest BCUT2D eigenvalue weighted by atomic mass is 35.5. The predicted molar refractivity (Wildman–Crippen MR) is 119 cm³/mol. The second-order valence-corrected chi connectivity index (χ2v) is 10.1. The Morgan fingerprint density at radius 1 is 1.13 bits per heavy atom. The van der Waals surface area contributed by atoms with E-state index in [0.29, 0.717) is 13.0 Å². The van der Waals surface area contributed by atoms with Crippen molar-refractivity contribution in [3.63, 3.8) is 0 Å². The molecule has 2 atom stereocenters. The van der Waals surface area contributed by atoms with Crippen LogP contribution in [-0.4, -0.2) is 45.3 Å². The number of aromatic amines is 1. The number of phenols is 1. The summed E-state index contributed by atoms with van der Waals surface area (Å²) in [4.78, 5) is 6.04. The van der Waals surface area contributed by atoms with Gasteiger partial charge < -0.3 is 20.1 Å². The highest BCUT2D eigenvalue weighted by Crippen LogP contribution is 2.52.